The van der Waals surface area contributed by atoms with Gasteiger partial charge in [0.25, 0.3) is 0 Å². The number of hydrogen-bond acceptors (Lipinski definition) is 6. The topological polar surface area (TPSA) is 137 Å². The third-order valence-corrected chi connectivity index (χ3v) is 6.93. The van der Waals surface area contributed by atoms with Crippen LogP contribution < -0.4 is 16.0 Å². The molecule has 2 aliphatic rings. The van der Waals surface area contributed by atoms with Crippen LogP contribution in [0.1, 0.15) is 63.9 Å². The van der Waals surface area contributed by atoms with Crippen LogP contribution in [0, 0.1) is 0 Å². The summed E-state index contributed by atoms with van der Waals surface area (Å²) in [5, 5.41) is 8.33. The molecule has 1 aromatic carbocycles. The average molecular weight is 529 g/mol. The zero-order chi connectivity index (χ0) is 27.5. The smallest absolute Gasteiger partial charge is 0.245 e. The zero-order valence-corrected chi connectivity index (χ0v) is 22.4. The van der Waals surface area contributed by atoms with Crippen LogP contribution in [0.3, 0.4) is 0 Å². The molecule has 0 bridgehead atoms. The lowest BCUT2D eigenvalue weighted by Crippen LogP contribution is -2.56. The summed E-state index contributed by atoms with van der Waals surface area (Å²) in [5.41, 5.74) is 0.912. The number of carbonyl (C=O) groups excluding carboxylic acids is 5. The minimum atomic E-state index is -0.903. The Kier molecular flexibility index (Phi) is 11.3. The predicted octanol–water partition coefficient (Wildman–Crippen LogP) is 1.26. The van der Waals surface area contributed by atoms with Gasteiger partial charge in [-0.15, -0.1) is 0 Å². The third-order valence-electron chi connectivity index (χ3n) is 6.93. The molecular weight excluding hydrogens is 488 g/mol. The van der Waals surface area contributed by atoms with E-state index in [-0.39, 0.29) is 30.1 Å². The zero-order valence-electron chi connectivity index (χ0n) is 22.4. The summed E-state index contributed by atoms with van der Waals surface area (Å²) < 4.78 is 5.00. The number of amides is 4. The molecule has 2 heterocycles. The number of carbonyl (C=O) groups is 5. The normalized spacial score (nSPS) is 25.5. The van der Waals surface area contributed by atoms with Crippen molar-refractivity contribution in [2.24, 2.45) is 0 Å². The molecule has 4 atom stereocenters. The number of ketones is 1. The molecule has 4 amide bonds. The molecule has 10 heteroatoms. The second-order valence-corrected chi connectivity index (χ2v) is 10.2. The summed E-state index contributed by atoms with van der Waals surface area (Å²) in [6.07, 6.45) is 4.45. The SMILES string of the molecule is C[C@@H]1NC(=O)[C@H](CCCCCC(=O)[C@@H]2CO2)NC(=O)CCCCN(C)C(=O)[C@H](Cc2ccccc2)NC1=O. The quantitative estimate of drug-likeness (QED) is 0.326. The van der Waals surface area contributed by atoms with E-state index in [1.807, 2.05) is 30.3 Å². The number of epoxide rings is 1. The number of nitrogens with one attached hydrogen (secondary N) is 3. The van der Waals surface area contributed by atoms with Gasteiger partial charge in [-0.2, -0.15) is 0 Å². The highest BCUT2D eigenvalue weighted by Crippen LogP contribution is 2.15. The van der Waals surface area contributed by atoms with E-state index in [0.29, 0.717) is 58.1 Å². The summed E-state index contributed by atoms with van der Waals surface area (Å²) in [6, 6.07) is 6.98. The van der Waals surface area contributed by atoms with Crippen LogP contribution in [0.2, 0.25) is 0 Å². The first-order chi connectivity index (χ1) is 18.2. The fourth-order valence-corrected chi connectivity index (χ4v) is 4.49. The van der Waals surface area contributed by atoms with E-state index in [4.69, 9.17) is 4.74 Å². The van der Waals surface area contributed by atoms with E-state index in [9.17, 15) is 24.0 Å². The molecule has 2 aliphatic heterocycles. The van der Waals surface area contributed by atoms with Crippen molar-refractivity contribution in [3.05, 3.63) is 35.9 Å². The van der Waals surface area contributed by atoms with Gasteiger partial charge < -0.3 is 25.6 Å². The van der Waals surface area contributed by atoms with Gasteiger partial charge >= 0.3 is 0 Å². The summed E-state index contributed by atoms with van der Waals surface area (Å²) in [5.74, 6) is -1.26. The predicted molar refractivity (Wildman–Crippen MR) is 141 cm³/mol. The monoisotopic (exact) mass is 528 g/mol. The Balaban J connectivity index is 1.63. The van der Waals surface area contributed by atoms with E-state index in [2.05, 4.69) is 16.0 Å². The Morgan fingerprint density at radius 2 is 1.68 bits per heavy atom. The van der Waals surface area contributed by atoms with Crippen molar-refractivity contribution in [3.8, 4) is 0 Å². The molecule has 0 saturated carbocycles. The van der Waals surface area contributed by atoms with Gasteiger partial charge in [-0.1, -0.05) is 43.2 Å². The average Bonchev–Trinajstić information content (AvgIpc) is 3.75. The van der Waals surface area contributed by atoms with Crippen LogP contribution in [-0.4, -0.2) is 78.7 Å². The standard InChI is InChI=1S/C28H40N4O6/c1-19-26(35)31-22(17-20-11-5-3-6-12-20)28(37)32(2)16-10-9-15-25(34)30-21(27(36)29-19)13-7-4-8-14-23(33)24-18-38-24/h3,5-6,11-12,19,21-22,24H,4,7-10,13-18H2,1-2H3,(H,29,36)(H,30,34)(H,31,35)/t19-,21-,22-,24-/m0/s1. The van der Waals surface area contributed by atoms with Gasteiger partial charge in [0.2, 0.25) is 23.6 Å². The van der Waals surface area contributed by atoms with E-state index >= 15 is 0 Å². The number of likely N-dealkylation sites (N-methyl/N-ethyl adjacent to an activating group) is 1. The minimum Gasteiger partial charge on any atom is -0.365 e. The fourth-order valence-electron chi connectivity index (χ4n) is 4.49. The van der Waals surface area contributed by atoms with Crippen molar-refractivity contribution in [1.29, 1.82) is 0 Å². The van der Waals surface area contributed by atoms with Crippen LogP contribution in [0.15, 0.2) is 30.3 Å². The van der Waals surface area contributed by atoms with Crippen molar-refractivity contribution in [3.63, 3.8) is 0 Å². The molecule has 0 aromatic heterocycles. The number of rotatable bonds is 9. The molecule has 208 valence electrons. The van der Waals surface area contributed by atoms with Crippen molar-refractivity contribution in [2.45, 2.75) is 88.9 Å². The fraction of sp³-hybridized carbons (Fsp3) is 0.607. The van der Waals surface area contributed by atoms with Gasteiger partial charge in [-0.3, -0.25) is 24.0 Å². The molecule has 3 rings (SSSR count). The third kappa shape index (κ3) is 9.55. The van der Waals surface area contributed by atoms with Gasteiger partial charge in [-0.25, -0.2) is 0 Å². The van der Waals surface area contributed by atoms with Crippen molar-refractivity contribution in [1.82, 2.24) is 20.9 Å². The van der Waals surface area contributed by atoms with E-state index in [1.54, 1.807) is 18.9 Å². The van der Waals surface area contributed by atoms with Crippen molar-refractivity contribution < 1.29 is 28.7 Å². The maximum absolute atomic E-state index is 13.2. The van der Waals surface area contributed by atoms with Crippen molar-refractivity contribution >= 4 is 29.4 Å². The second-order valence-electron chi connectivity index (χ2n) is 10.2. The van der Waals surface area contributed by atoms with Crippen LogP contribution in [0.5, 0.6) is 0 Å². The van der Waals surface area contributed by atoms with Crippen LogP contribution >= 0.6 is 0 Å². The summed E-state index contributed by atoms with van der Waals surface area (Å²) >= 11 is 0. The summed E-state index contributed by atoms with van der Waals surface area (Å²) in [6.45, 7) is 2.52. The second kappa shape index (κ2) is 14.6. The number of hydrogen-bond donors (Lipinski definition) is 3. The molecule has 2 saturated heterocycles. The van der Waals surface area contributed by atoms with E-state index in [0.717, 1.165) is 12.0 Å². The molecule has 38 heavy (non-hydrogen) atoms. The lowest BCUT2D eigenvalue weighted by molar-refractivity contribution is -0.136. The van der Waals surface area contributed by atoms with E-state index in [1.165, 1.54) is 0 Å². The molecule has 2 fully saturated rings. The number of ether oxygens (including phenoxy) is 1. The van der Waals surface area contributed by atoms with Gasteiger partial charge in [0.1, 0.15) is 24.2 Å². The Morgan fingerprint density at radius 3 is 2.39 bits per heavy atom. The minimum absolute atomic E-state index is 0.111. The molecule has 1 aromatic rings. The Bertz CT molecular complexity index is 981. The Hall–Kier alpha value is -3.27. The largest absolute Gasteiger partial charge is 0.365 e. The lowest BCUT2D eigenvalue weighted by Gasteiger charge is -2.26. The molecule has 0 spiro atoms. The lowest BCUT2D eigenvalue weighted by atomic mass is 10.0. The van der Waals surface area contributed by atoms with Gasteiger partial charge in [0, 0.05) is 32.9 Å². The number of nitrogens with zero attached hydrogens (tertiary/aromatic N) is 1. The van der Waals surface area contributed by atoms with Gasteiger partial charge in [0.05, 0.1) is 6.61 Å². The van der Waals surface area contributed by atoms with Crippen LogP contribution in [0.4, 0.5) is 0 Å². The number of unbranched alkanes of at least 4 members (excludes halogenated alkanes) is 2. The first-order valence-electron chi connectivity index (χ1n) is 13.6. The highest BCUT2D eigenvalue weighted by Gasteiger charge is 2.31. The maximum Gasteiger partial charge on any atom is 0.245 e. The van der Waals surface area contributed by atoms with Gasteiger partial charge in [0.15, 0.2) is 5.78 Å². The summed E-state index contributed by atoms with van der Waals surface area (Å²) in [4.78, 5) is 65.2. The van der Waals surface area contributed by atoms with E-state index < -0.39 is 29.9 Å². The Labute approximate surface area is 224 Å². The highest BCUT2D eigenvalue weighted by molar-refractivity contribution is 5.94. The number of benzene rings is 1. The van der Waals surface area contributed by atoms with Crippen LogP contribution in [0.25, 0.3) is 0 Å². The van der Waals surface area contributed by atoms with Crippen LogP contribution in [-0.2, 0) is 35.1 Å². The Morgan fingerprint density at radius 1 is 0.947 bits per heavy atom. The molecule has 10 nitrogen and oxygen atoms in total. The number of Topliss-reactive ketones (excluding diaryl/α,β-unsaturated/α-hetero) is 1. The first-order valence-corrected chi connectivity index (χ1v) is 13.6. The maximum atomic E-state index is 13.2. The molecule has 0 aliphatic carbocycles. The molecule has 0 radical (unpaired) electrons. The molecule has 3 N–H and O–H groups in total. The summed E-state index contributed by atoms with van der Waals surface area (Å²) in [7, 11) is 1.69. The van der Waals surface area contributed by atoms with Gasteiger partial charge in [-0.05, 0) is 38.2 Å². The molecular formula is C28H40N4O6. The molecule has 0 unspecified atom stereocenters. The highest BCUT2D eigenvalue weighted by atomic mass is 16.6. The first kappa shape index (κ1) is 29.3. The van der Waals surface area contributed by atoms with Crippen molar-refractivity contribution in [2.75, 3.05) is 20.2 Å².